The van der Waals surface area contributed by atoms with E-state index in [2.05, 4.69) is 0 Å². The average molecular weight is 291 g/mol. The van der Waals surface area contributed by atoms with Crippen molar-refractivity contribution in [3.05, 3.63) is 64.4 Å². The predicted octanol–water partition coefficient (Wildman–Crippen LogP) is 4.06. The van der Waals surface area contributed by atoms with Crippen LogP contribution in [-0.4, -0.2) is 11.9 Å². The molecule has 0 radical (unpaired) electrons. The minimum atomic E-state index is -0.420. The molecule has 2 aromatic rings. The van der Waals surface area contributed by atoms with Gasteiger partial charge in [-0.15, -0.1) is 0 Å². The Hall–Kier alpha value is -1.87. The van der Waals surface area contributed by atoms with Crippen molar-refractivity contribution in [2.24, 2.45) is 0 Å². The number of rotatable bonds is 2. The van der Waals surface area contributed by atoms with Crippen LogP contribution in [0.1, 0.15) is 22.3 Å². The van der Waals surface area contributed by atoms with E-state index >= 15 is 0 Å². The fourth-order valence-corrected chi connectivity index (χ4v) is 2.48. The normalized spacial score (nSPS) is 17.5. The van der Waals surface area contributed by atoms with Gasteiger partial charge in [-0.1, -0.05) is 23.7 Å². The Balaban J connectivity index is 1.79. The summed E-state index contributed by atoms with van der Waals surface area (Å²) in [6.07, 6.45) is 0.667. The highest BCUT2D eigenvalue weighted by Crippen LogP contribution is 2.29. The third-order valence-electron chi connectivity index (χ3n) is 3.33. The minimum Gasteiger partial charge on any atom is -0.489 e. The zero-order valence-electron chi connectivity index (χ0n) is 10.6. The topological polar surface area (TPSA) is 26.3 Å². The van der Waals surface area contributed by atoms with E-state index < -0.39 is 5.82 Å². The largest absolute Gasteiger partial charge is 0.489 e. The van der Waals surface area contributed by atoms with Crippen LogP contribution in [0, 0.1) is 5.82 Å². The molecule has 2 nitrogen and oxygen atoms in total. The molecule has 0 spiro atoms. The fourth-order valence-electron chi connectivity index (χ4n) is 2.36. The molecule has 3 rings (SSSR count). The van der Waals surface area contributed by atoms with E-state index in [0.717, 1.165) is 5.56 Å². The smallest absolute Gasteiger partial charge is 0.170 e. The molecule has 0 aliphatic carbocycles. The van der Waals surface area contributed by atoms with Crippen molar-refractivity contribution in [3.8, 4) is 5.75 Å². The van der Waals surface area contributed by atoms with Gasteiger partial charge in [-0.25, -0.2) is 4.39 Å². The van der Waals surface area contributed by atoms with Gasteiger partial charge in [0.1, 0.15) is 17.7 Å². The van der Waals surface area contributed by atoms with Crippen LogP contribution in [0.25, 0.3) is 0 Å². The van der Waals surface area contributed by atoms with Gasteiger partial charge in [0.2, 0.25) is 0 Å². The van der Waals surface area contributed by atoms with E-state index in [1.165, 1.54) is 18.2 Å². The summed E-state index contributed by atoms with van der Waals surface area (Å²) in [4.78, 5) is 12.0. The SMILES string of the molecule is O=C1CC(Cc2ccc(Cl)cc2)Oc2ccc(F)cc21. The van der Waals surface area contributed by atoms with E-state index in [0.29, 0.717) is 22.8 Å². The fraction of sp³-hybridized carbons (Fsp3) is 0.188. The molecule has 1 heterocycles. The van der Waals surface area contributed by atoms with Crippen molar-refractivity contribution < 1.29 is 13.9 Å². The Morgan fingerprint density at radius 2 is 1.95 bits per heavy atom. The standard InChI is InChI=1S/C16H12ClFO2/c17-11-3-1-10(2-4-11)7-13-9-15(19)14-8-12(18)5-6-16(14)20-13/h1-6,8,13H,7,9H2. The molecule has 1 atom stereocenters. The van der Waals surface area contributed by atoms with Crippen LogP contribution in [0.5, 0.6) is 5.75 Å². The molecule has 2 aromatic carbocycles. The Morgan fingerprint density at radius 3 is 2.70 bits per heavy atom. The molecule has 0 fully saturated rings. The van der Waals surface area contributed by atoms with E-state index in [9.17, 15) is 9.18 Å². The quantitative estimate of drug-likeness (QED) is 0.834. The second-order valence-corrected chi connectivity index (χ2v) is 5.27. The van der Waals surface area contributed by atoms with Crippen LogP contribution in [0.15, 0.2) is 42.5 Å². The lowest BCUT2D eigenvalue weighted by atomic mass is 9.96. The Morgan fingerprint density at radius 1 is 1.20 bits per heavy atom. The number of carbonyl (C=O) groups is 1. The zero-order chi connectivity index (χ0) is 14.1. The first-order valence-electron chi connectivity index (χ1n) is 6.35. The van der Waals surface area contributed by atoms with E-state index in [4.69, 9.17) is 16.3 Å². The summed E-state index contributed by atoms with van der Waals surface area (Å²) < 4.78 is 18.9. The predicted molar refractivity (Wildman–Crippen MR) is 74.9 cm³/mol. The number of Topliss-reactive ketones (excluding diaryl/α,β-unsaturated/α-hetero) is 1. The molecule has 1 aliphatic heterocycles. The number of carbonyl (C=O) groups excluding carboxylic acids is 1. The molecule has 0 saturated heterocycles. The van der Waals surface area contributed by atoms with Crippen molar-refractivity contribution in [2.45, 2.75) is 18.9 Å². The Kier molecular flexibility index (Phi) is 3.45. The number of hydrogen-bond donors (Lipinski definition) is 0. The summed E-state index contributed by atoms with van der Waals surface area (Å²) >= 11 is 5.84. The number of hydrogen-bond acceptors (Lipinski definition) is 2. The average Bonchev–Trinajstić information content (AvgIpc) is 2.42. The number of fused-ring (bicyclic) bond motifs is 1. The molecule has 0 amide bonds. The molecule has 0 saturated carbocycles. The summed E-state index contributed by atoms with van der Waals surface area (Å²) in [5.74, 6) is -0.0387. The van der Waals surface area contributed by atoms with Gasteiger partial charge in [0, 0.05) is 17.9 Å². The summed E-state index contributed by atoms with van der Waals surface area (Å²) in [7, 11) is 0. The number of halogens is 2. The highest BCUT2D eigenvalue weighted by atomic mass is 35.5. The Labute approximate surface area is 121 Å². The molecule has 1 unspecified atom stereocenters. The van der Waals surface area contributed by atoms with Crippen LogP contribution >= 0.6 is 11.6 Å². The molecular formula is C16H12ClFO2. The lowest BCUT2D eigenvalue weighted by Gasteiger charge is -2.25. The van der Waals surface area contributed by atoms with Gasteiger partial charge in [-0.05, 0) is 35.9 Å². The summed E-state index contributed by atoms with van der Waals surface area (Å²) in [5.41, 5.74) is 1.38. The van der Waals surface area contributed by atoms with E-state index in [-0.39, 0.29) is 18.3 Å². The second-order valence-electron chi connectivity index (χ2n) is 4.84. The maximum absolute atomic E-state index is 13.1. The number of ether oxygens (including phenoxy) is 1. The molecule has 4 heteroatoms. The van der Waals surface area contributed by atoms with Crippen LogP contribution in [-0.2, 0) is 6.42 Å². The van der Waals surface area contributed by atoms with E-state index in [1.807, 2.05) is 24.3 Å². The minimum absolute atomic E-state index is 0.0790. The van der Waals surface area contributed by atoms with Crippen LogP contribution in [0.3, 0.4) is 0 Å². The lowest BCUT2D eigenvalue weighted by Crippen LogP contribution is -2.28. The van der Waals surface area contributed by atoms with Gasteiger partial charge >= 0.3 is 0 Å². The van der Waals surface area contributed by atoms with Gasteiger partial charge in [0.25, 0.3) is 0 Å². The van der Waals surface area contributed by atoms with Crippen molar-refractivity contribution >= 4 is 17.4 Å². The monoisotopic (exact) mass is 290 g/mol. The highest BCUT2D eigenvalue weighted by molar-refractivity contribution is 6.30. The first-order valence-corrected chi connectivity index (χ1v) is 6.73. The first kappa shape index (κ1) is 13.1. The molecule has 0 bridgehead atoms. The maximum Gasteiger partial charge on any atom is 0.170 e. The van der Waals surface area contributed by atoms with Crippen molar-refractivity contribution in [1.82, 2.24) is 0 Å². The molecular weight excluding hydrogens is 279 g/mol. The molecule has 0 N–H and O–H groups in total. The number of ketones is 1. The van der Waals surface area contributed by atoms with Crippen LogP contribution in [0.4, 0.5) is 4.39 Å². The molecule has 0 aromatic heterocycles. The molecule has 1 aliphatic rings. The van der Waals surface area contributed by atoms with Crippen LogP contribution in [0.2, 0.25) is 5.02 Å². The van der Waals surface area contributed by atoms with Gasteiger partial charge in [-0.2, -0.15) is 0 Å². The molecule has 20 heavy (non-hydrogen) atoms. The number of benzene rings is 2. The molecule has 102 valence electrons. The summed E-state index contributed by atoms with van der Waals surface area (Å²) in [5, 5.41) is 0.676. The lowest BCUT2D eigenvalue weighted by molar-refractivity contribution is 0.0850. The Bertz CT molecular complexity index is 652. The zero-order valence-corrected chi connectivity index (χ0v) is 11.4. The second kappa shape index (κ2) is 5.25. The highest BCUT2D eigenvalue weighted by Gasteiger charge is 2.26. The van der Waals surface area contributed by atoms with Gasteiger partial charge in [-0.3, -0.25) is 4.79 Å². The third kappa shape index (κ3) is 2.68. The maximum atomic E-state index is 13.1. The van der Waals surface area contributed by atoms with Crippen LogP contribution < -0.4 is 4.74 Å². The van der Waals surface area contributed by atoms with E-state index in [1.54, 1.807) is 0 Å². The first-order chi connectivity index (χ1) is 9.61. The van der Waals surface area contributed by atoms with Crippen molar-refractivity contribution in [2.75, 3.05) is 0 Å². The summed E-state index contributed by atoms with van der Waals surface area (Å²) in [6, 6.07) is 11.5. The van der Waals surface area contributed by atoms with Gasteiger partial charge < -0.3 is 4.74 Å². The van der Waals surface area contributed by atoms with Crippen molar-refractivity contribution in [3.63, 3.8) is 0 Å². The van der Waals surface area contributed by atoms with Gasteiger partial charge in [0.15, 0.2) is 5.78 Å². The summed E-state index contributed by atoms with van der Waals surface area (Å²) in [6.45, 7) is 0. The van der Waals surface area contributed by atoms with Crippen molar-refractivity contribution in [1.29, 1.82) is 0 Å². The van der Waals surface area contributed by atoms with Gasteiger partial charge in [0.05, 0.1) is 5.56 Å². The third-order valence-corrected chi connectivity index (χ3v) is 3.58.